The molecule has 1 aliphatic heterocycles. The van der Waals surface area contributed by atoms with Gasteiger partial charge in [0, 0.05) is 19.5 Å². The van der Waals surface area contributed by atoms with Gasteiger partial charge in [-0.3, -0.25) is 4.79 Å². The number of carbonyl (C=O) groups is 1. The lowest BCUT2D eigenvalue weighted by molar-refractivity contribution is -0.0796. The van der Waals surface area contributed by atoms with E-state index in [-0.39, 0.29) is 12.0 Å². The molecule has 1 saturated heterocycles. The van der Waals surface area contributed by atoms with Gasteiger partial charge in [-0.1, -0.05) is 0 Å². The van der Waals surface area contributed by atoms with Crippen molar-refractivity contribution < 1.29 is 18.4 Å². The third-order valence-corrected chi connectivity index (χ3v) is 3.59. The second-order valence-corrected chi connectivity index (χ2v) is 5.73. The number of hydrogen-bond donors (Lipinski definition) is 0. The third-order valence-electron chi connectivity index (χ3n) is 3.18. The van der Waals surface area contributed by atoms with Crippen molar-refractivity contribution in [1.29, 1.82) is 0 Å². The number of ether oxygens (including phenoxy) is 1. The predicted octanol–water partition coefficient (Wildman–Crippen LogP) is 2.34. The van der Waals surface area contributed by atoms with Crippen LogP contribution in [0.5, 0.6) is 0 Å². The number of nitrogens with zero attached hydrogens (tertiary/aromatic N) is 3. The van der Waals surface area contributed by atoms with E-state index in [2.05, 4.69) is 26.1 Å². The van der Waals surface area contributed by atoms with Gasteiger partial charge in [0.25, 0.3) is 5.91 Å². The highest BCUT2D eigenvalue weighted by Crippen LogP contribution is 2.26. The van der Waals surface area contributed by atoms with Crippen molar-refractivity contribution in [2.24, 2.45) is 0 Å². The molecule has 3 heterocycles. The Morgan fingerprint density at radius 3 is 2.86 bits per heavy atom. The molecule has 3 rings (SSSR count). The molecule has 112 valence electrons. The Labute approximate surface area is 129 Å². The van der Waals surface area contributed by atoms with E-state index in [0.717, 1.165) is 0 Å². The highest BCUT2D eigenvalue weighted by Gasteiger charge is 2.33. The minimum Gasteiger partial charge on any atom is -0.457 e. The summed E-state index contributed by atoms with van der Waals surface area (Å²) >= 11 is 3.19. The maximum absolute atomic E-state index is 12.5. The van der Waals surface area contributed by atoms with E-state index in [4.69, 9.17) is 13.6 Å². The molecule has 0 aromatic carbocycles. The lowest BCUT2D eigenvalue weighted by Gasteiger charge is -2.35. The monoisotopic (exact) mass is 355 g/mol. The molecule has 0 spiro atoms. The van der Waals surface area contributed by atoms with Crippen LogP contribution in [-0.4, -0.2) is 40.2 Å². The normalized spacial score (nSPS) is 22.5. The predicted molar refractivity (Wildman–Crippen MR) is 74.6 cm³/mol. The molecule has 2 aromatic heterocycles. The summed E-state index contributed by atoms with van der Waals surface area (Å²) in [6, 6.07) is 1.65. The molecule has 2 aromatic rings. The van der Waals surface area contributed by atoms with E-state index in [0.29, 0.717) is 35.1 Å². The van der Waals surface area contributed by atoms with Crippen molar-refractivity contribution in [3.05, 3.63) is 34.3 Å². The van der Waals surface area contributed by atoms with Gasteiger partial charge in [0.1, 0.15) is 6.26 Å². The molecule has 0 radical (unpaired) electrons. The van der Waals surface area contributed by atoms with E-state index in [1.807, 2.05) is 6.92 Å². The Morgan fingerprint density at radius 1 is 1.43 bits per heavy atom. The number of morpholine rings is 1. The molecule has 7 nitrogen and oxygen atoms in total. The first-order valence-corrected chi connectivity index (χ1v) is 7.31. The number of rotatable bonds is 2. The first-order valence-electron chi connectivity index (χ1n) is 6.51. The summed E-state index contributed by atoms with van der Waals surface area (Å²) in [7, 11) is 0. The quantitative estimate of drug-likeness (QED) is 0.822. The van der Waals surface area contributed by atoms with Crippen LogP contribution < -0.4 is 0 Å². The number of carbonyl (C=O) groups excluding carboxylic acids is 1. The Bertz CT molecular complexity index is 653. The number of aryl methyl sites for hydroxylation is 1. The molecular weight excluding hydrogens is 342 g/mol. The zero-order valence-corrected chi connectivity index (χ0v) is 13.2. The van der Waals surface area contributed by atoms with Crippen molar-refractivity contribution in [2.45, 2.75) is 26.1 Å². The van der Waals surface area contributed by atoms with Crippen LogP contribution in [0.4, 0.5) is 0 Å². The zero-order valence-electron chi connectivity index (χ0n) is 11.6. The van der Waals surface area contributed by atoms with Gasteiger partial charge >= 0.3 is 0 Å². The zero-order chi connectivity index (χ0) is 15.0. The highest BCUT2D eigenvalue weighted by atomic mass is 79.9. The summed E-state index contributed by atoms with van der Waals surface area (Å²) in [5.41, 5.74) is 0.497. The van der Waals surface area contributed by atoms with Gasteiger partial charge in [-0.05, 0) is 22.9 Å². The molecule has 0 saturated carbocycles. The highest BCUT2D eigenvalue weighted by molar-refractivity contribution is 9.10. The summed E-state index contributed by atoms with van der Waals surface area (Å²) in [4.78, 5) is 14.2. The van der Waals surface area contributed by atoms with Gasteiger partial charge in [-0.15, -0.1) is 10.2 Å². The van der Waals surface area contributed by atoms with Gasteiger partial charge in [0.15, 0.2) is 10.8 Å². The van der Waals surface area contributed by atoms with Gasteiger partial charge < -0.3 is 18.5 Å². The molecule has 0 aliphatic carbocycles. The molecule has 2 atom stereocenters. The molecule has 0 bridgehead atoms. The smallest absolute Gasteiger partial charge is 0.257 e. The largest absolute Gasteiger partial charge is 0.457 e. The summed E-state index contributed by atoms with van der Waals surface area (Å²) in [6.45, 7) is 4.49. The summed E-state index contributed by atoms with van der Waals surface area (Å²) in [5.74, 6) is 0.759. The van der Waals surface area contributed by atoms with E-state index in [1.54, 1.807) is 17.9 Å². The molecular formula is C13H14BrN3O4. The summed E-state index contributed by atoms with van der Waals surface area (Å²) < 4.78 is 16.8. The number of aromatic nitrogens is 2. The average molecular weight is 356 g/mol. The fourth-order valence-corrected chi connectivity index (χ4v) is 2.64. The van der Waals surface area contributed by atoms with E-state index >= 15 is 0 Å². The first-order chi connectivity index (χ1) is 10.0. The van der Waals surface area contributed by atoms with Crippen LogP contribution in [0.15, 0.2) is 25.8 Å². The van der Waals surface area contributed by atoms with Crippen LogP contribution >= 0.6 is 15.9 Å². The molecule has 1 fully saturated rings. The number of hydrogen-bond acceptors (Lipinski definition) is 6. The number of amides is 1. The van der Waals surface area contributed by atoms with Crippen molar-refractivity contribution in [3.8, 4) is 0 Å². The third kappa shape index (κ3) is 3.01. The van der Waals surface area contributed by atoms with Crippen LogP contribution in [0.3, 0.4) is 0 Å². The van der Waals surface area contributed by atoms with Crippen LogP contribution in [0.2, 0.25) is 0 Å². The minimum absolute atomic E-state index is 0.110. The second-order valence-electron chi connectivity index (χ2n) is 4.94. The van der Waals surface area contributed by atoms with Crippen LogP contribution in [0, 0.1) is 6.92 Å². The number of halogens is 1. The maximum atomic E-state index is 12.5. The van der Waals surface area contributed by atoms with E-state index in [1.165, 1.54) is 6.26 Å². The Morgan fingerprint density at radius 2 is 2.24 bits per heavy atom. The summed E-state index contributed by atoms with van der Waals surface area (Å²) in [6.07, 6.45) is 0.905. The molecule has 8 heteroatoms. The van der Waals surface area contributed by atoms with Crippen LogP contribution in [0.25, 0.3) is 0 Å². The molecule has 0 N–H and O–H groups in total. The van der Waals surface area contributed by atoms with Gasteiger partial charge in [0.05, 0.1) is 18.2 Å². The standard InChI is InChI=1S/C13H14BrN3O4/c1-7-4-17(13(18)9-3-11(14)19-6-9)5-10(20-7)12-16-15-8(2)21-12/h3,6-7,10H,4-5H2,1-2H3/t7-,10-/m1/s1. The van der Waals surface area contributed by atoms with Crippen molar-refractivity contribution in [1.82, 2.24) is 15.1 Å². The Hall–Kier alpha value is -1.67. The van der Waals surface area contributed by atoms with Gasteiger partial charge in [-0.2, -0.15) is 0 Å². The van der Waals surface area contributed by atoms with E-state index in [9.17, 15) is 4.79 Å². The maximum Gasteiger partial charge on any atom is 0.257 e. The first kappa shape index (κ1) is 14.3. The van der Waals surface area contributed by atoms with Crippen molar-refractivity contribution in [2.75, 3.05) is 13.1 Å². The summed E-state index contributed by atoms with van der Waals surface area (Å²) in [5, 5.41) is 7.77. The fraction of sp³-hybridized carbons (Fsp3) is 0.462. The number of furan rings is 1. The van der Waals surface area contributed by atoms with Crippen molar-refractivity contribution >= 4 is 21.8 Å². The topological polar surface area (TPSA) is 81.6 Å². The lowest BCUT2D eigenvalue weighted by atomic mass is 10.2. The second kappa shape index (κ2) is 5.61. The van der Waals surface area contributed by atoms with Crippen LogP contribution in [0.1, 0.15) is 35.2 Å². The Balaban J connectivity index is 1.78. The molecule has 1 aliphatic rings. The minimum atomic E-state index is -0.408. The van der Waals surface area contributed by atoms with Crippen LogP contribution in [-0.2, 0) is 4.74 Å². The lowest BCUT2D eigenvalue weighted by Crippen LogP contribution is -2.46. The molecule has 0 unspecified atom stereocenters. The van der Waals surface area contributed by atoms with Gasteiger partial charge in [0.2, 0.25) is 11.8 Å². The fourth-order valence-electron chi connectivity index (χ4n) is 2.30. The average Bonchev–Trinajstić information content (AvgIpc) is 3.06. The molecule has 21 heavy (non-hydrogen) atoms. The SMILES string of the molecule is Cc1nnc([C@H]2CN(C(=O)c3coc(Br)c3)C[C@@H](C)O2)o1. The van der Waals surface area contributed by atoms with Gasteiger partial charge in [-0.25, -0.2) is 0 Å². The molecule has 1 amide bonds. The van der Waals surface area contributed by atoms with E-state index < -0.39 is 6.10 Å². The Kier molecular flexibility index (Phi) is 3.81. The van der Waals surface area contributed by atoms with Crippen molar-refractivity contribution in [3.63, 3.8) is 0 Å².